The van der Waals surface area contributed by atoms with Gasteiger partial charge in [0.15, 0.2) is 0 Å². The lowest BCUT2D eigenvalue weighted by Crippen LogP contribution is -2.47. The Labute approximate surface area is 150 Å². The smallest absolute Gasteiger partial charge is 0.244 e. The summed E-state index contributed by atoms with van der Waals surface area (Å²) in [6, 6.07) is 3.16. The quantitative estimate of drug-likeness (QED) is 0.876. The average molecular weight is 365 g/mol. The van der Waals surface area contributed by atoms with E-state index in [1.165, 1.54) is 4.31 Å². The van der Waals surface area contributed by atoms with Crippen molar-refractivity contribution in [1.82, 2.24) is 9.21 Å². The number of carbonyl (C=O) groups excluding carboxylic acids is 1. The zero-order chi connectivity index (χ0) is 18.4. The van der Waals surface area contributed by atoms with Gasteiger partial charge in [-0.3, -0.25) is 4.79 Å². The molecule has 1 aromatic carbocycles. The first kappa shape index (κ1) is 18.4. The summed E-state index contributed by atoms with van der Waals surface area (Å²) in [4.78, 5) is 14.9. The Balaban J connectivity index is 1.93. The lowest BCUT2D eigenvalue weighted by molar-refractivity contribution is -0.133. The Morgan fingerprint density at radius 1 is 1.12 bits per heavy atom. The number of amides is 1. The maximum atomic E-state index is 13.3. The first-order valence-corrected chi connectivity index (χ1v) is 10.3. The van der Waals surface area contributed by atoms with Gasteiger partial charge in [0.05, 0.1) is 4.90 Å². The van der Waals surface area contributed by atoms with Gasteiger partial charge >= 0.3 is 0 Å². The second-order valence-corrected chi connectivity index (χ2v) is 9.16. The molecule has 25 heavy (non-hydrogen) atoms. The lowest BCUT2D eigenvalue weighted by atomic mass is 10.1. The second-order valence-electron chi connectivity index (χ2n) is 7.33. The highest BCUT2D eigenvalue weighted by Gasteiger charge is 2.43. The van der Waals surface area contributed by atoms with Crippen molar-refractivity contribution < 1.29 is 13.2 Å². The highest BCUT2D eigenvalue weighted by molar-refractivity contribution is 7.89. The predicted octanol–water partition coefficient (Wildman–Crippen LogP) is 1.32. The van der Waals surface area contributed by atoms with E-state index in [-0.39, 0.29) is 11.9 Å². The van der Waals surface area contributed by atoms with Crippen LogP contribution in [0.2, 0.25) is 0 Å². The Bertz CT molecular complexity index is 768. The van der Waals surface area contributed by atoms with E-state index in [2.05, 4.69) is 0 Å². The fourth-order valence-corrected chi connectivity index (χ4v) is 6.23. The van der Waals surface area contributed by atoms with Crippen LogP contribution in [0.5, 0.6) is 0 Å². The molecule has 0 radical (unpaired) electrons. The number of sulfonamides is 1. The van der Waals surface area contributed by atoms with Gasteiger partial charge in [0.25, 0.3) is 0 Å². The summed E-state index contributed by atoms with van der Waals surface area (Å²) in [5.74, 6) is -0.101. The van der Waals surface area contributed by atoms with Crippen molar-refractivity contribution >= 4 is 15.9 Å². The summed E-state index contributed by atoms with van der Waals surface area (Å²) in [6.07, 6.45) is 2.06. The number of benzene rings is 1. The molecule has 1 unspecified atom stereocenters. The van der Waals surface area contributed by atoms with Crippen LogP contribution in [0, 0.1) is 20.8 Å². The number of rotatable bonds is 3. The number of nitrogens with zero attached hydrogens (tertiary/aromatic N) is 2. The molecule has 2 atom stereocenters. The van der Waals surface area contributed by atoms with Gasteiger partial charge < -0.3 is 10.6 Å². The maximum absolute atomic E-state index is 13.3. The van der Waals surface area contributed by atoms with Crippen molar-refractivity contribution in [1.29, 1.82) is 0 Å². The van der Waals surface area contributed by atoms with Crippen LogP contribution in [0.3, 0.4) is 0 Å². The van der Waals surface area contributed by atoms with E-state index in [1.807, 2.05) is 32.9 Å². The van der Waals surface area contributed by atoms with Gasteiger partial charge in [-0.05, 0) is 51.2 Å². The van der Waals surface area contributed by atoms with Gasteiger partial charge in [-0.15, -0.1) is 0 Å². The minimum Gasteiger partial charge on any atom is -0.340 e. The Hall–Kier alpha value is -1.44. The first-order chi connectivity index (χ1) is 11.7. The molecule has 0 bridgehead atoms. The van der Waals surface area contributed by atoms with Crippen LogP contribution in [-0.4, -0.2) is 55.2 Å². The van der Waals surface area contributed by atoms with E-state index >= 15 is 0 Å². The van der Waals surface area contributed by atoms with Crippen molar-refractivity contribution in [2.45, 2.75) is 57.0 Å². The molecule has 2 fully saturated rings. The monoisotopic (exact) mass is 365 g/mol. The van der Waals surface area contributed by atoms with Crippen LogP contribution < -0.4 is 5.73 Å². The van der Waals surface area contributed by atoms with Gasteiger partial charge in [0.1, 0.15) is 6.04 Å². The normalized spacial score (nSPS) is 24.9. The van der Waals surface area contributed by atoms with E-state index in [9.17, 15) is 13.2 Å². The number of hydrogen-bond acceptors (Lipinski definition) is 4. The molecular weight excluding hydrogens is 338 g/mol. The van der Waals surface area contributed by atoms with Crippen LogP contribution in [0.1, 0.15) is 36.0 Å². The molecule has 2 aliphatic heterocycles. The summed E-state index contributed by atoms with van der Waals surface area (Å²) < 4.78 is 28.0. The van der Waals surface area contributed by atoms with Gasteiger partial charge in [-0.2, -0.15) is 4.31 Å². The maximum Gasteiger partial charge on any atom is 0.244 e. The fourth-order valence-electron chi connectivity index (χ4n) is 4.16. The zero-order valence-corrected chi connectivity index (χ0v) is 16.0. The van der Waals surface area contributed by atoms with Crippen molar-refractivity contribution in [3.05, 3.63) is 28.8 Å². The van der Waals surface area contributed by atoms with E-state index in [1.54, 1.807) is 4.90 Å². The standard InChI is InChI=1S/C18H27N3O3S/c1-12-9-13(2)17(14(3)10-12)25(23,24)21-7-4-5-16(21)18(22)20-8-6-15(19)11-20/h9-10,15-16H,4-8,11,19H2,1-3H3/t15-,16?/m1/s1. The van der Waals surface area contributed by atoms with Gasteiger partial charge in [-0.1, -0.05) is 17.7 Å². The molecule has 2 N–H and O–H groups in total. The minimum absolute atomic E-state index is 0.00278. The van der Waals surface area contributed by atoms with Gasteiger partial charge in [0, 0.05) is 25.7 Å². The lowest BCUT2D eigenvalue weighted by Gasteiger charge is -2.28. The molecular formula is C18H27N3O3S. The van der Waals surface area contributed by atoms with Crippen molar-refractivity contribution in [3.8, 4) is 0 Å². The number of nitrogens with two attached hydrogens (primary N) is 1. The first-order valence-electron chi connectivity index (χ1n) is 8.86. The van der Waals surface area contributed by atoms with Crippen LogP contribution in [0.25, 0.3) is 0 Å². The molecule has 0 aromatic heterocycles. The molecule has 2 aliphatic rings. The highest BCUT2D eigenvalue weighted by Crippen LogP contribution is 2.31. The molecule has 2 saturated heterocycles. The summed E-state index contributed by atoms with van der Waals surface area (Å²) >= 11 is 0. The third-order valence-corrected chi connectivity index (χ3v) is 7.41. The largest absolute Gasteiger partial charge is 0.340 e. The molecule has 1 aromatic rings. The topological polar surface area (TPSA) is 83.7 Å². The molecule has 3 rings (SSSR count). The molecule has 7 heteroatoms. The van der Waals surface area contributed by atoms with Gasteiger partial charge in [0.2, 0.25) is 15.9 Å². The summed E-state index contributed by atoms with van der Waals surface area (Å²) in [5, 5.41) is 0. The predicted molar refractivity (Wildman–Crippen MR) is 96.7 cm³/mol. The summed E-state index contributed by atoms with van der Waals surface area (Å²) in [7, 11) is -3.70. The Morgan fingerprint density at radius 2 is 1.76 bits per heavy atom. The summed E-state index contributed by atoms with van der Waals surface area (Å²) in [5.41, 5.74) is 8.41. The van der Waals surface area contributed by atoms with Crippen LogP contribution in [0.15, 0.2) is 17.0 Å². The van der Waals surface area contributed by atoms with Crippen molar-refractivity contribution in [3.63, 3.8) is 0 Å². The summed E-state index contributed by atoms with van der Waals surface area (Å²) in [6.45, 7) is 7.12. The second kappa shape index (κ2) is 6.70. The molecule has 6 nitrogen and oxygen atoms in total. The molecule has 0 aliphatic carbocycles. The van der Waals surface area contributed by atoms with E-state index in [4.69, 9.17) is 5.73 Å². The SMILES string of the molecule is Cc1cc(C)c(S(=O)(=O)N2CCCC2C(=O)N2CC[C@@H](N)C2)c(C)c1. The minimum atomic E-state index is -3.70. The van der Waals surface area contributed by atoms with E-state index in [0.29, 0.717) is 37.4 Å². The van der Waals surface area contributed by atoms with Crippen molar-refractivity contribution in [2.24, 2.45) is 5.73 Å². The molecule has 0 spiro atoms. The zero-order valence-electron chi connectivity index (χ0n) is 15.2. The number of hydrogen-bond donors (Lipinski definition) is 1. The molecule has 1 amide bonds. The van der Waals surface area contributed by atoms with Crippen LogP contribution in [-0.2, 0) is 14.8 Å². The highest BCUT2D eigenvalue weighted by atomic mass is 32.2. The number of likely N-dealkylation sites (tertiary alicyclic amines) is 1. The average Bonchev–Trinajstić information content (AvgIpc) is 3.14. The Kier molecular flexibility index (Phi) is 4.92. The molecule has 138 valence electrons. The molecule has 2 heterocycles. The third-order valence-electron chi connectivity index (χ3n) is 5.20. The third kappa shape index (κ3) is 3.32. The van der Waals surface area contributed by atoms with Crippen molar-refractivity contribution in [2.75, 3.05) is 19.6 Å². The van der Waals surface area contributed by atoms with E-state index < -0.39 is 16.1 Å². The number of aryl methyl sites for hydroxylation is 3. The molecule has 0 saturated carbocycles. The van der Waals surface area contributed by atoms with Gasteiger partial charge in [-0.25, -0.2) is 8.42 Å². The van der Waals surface area contributed by atoms with E-state index in [0.717, 1.165) is 23.1 Å². The van der Waals surface area contributed by atoms with Crippen LogP contribution in [0.4, 0.5) is 0 Å². The van der Waals surface area contributed by atoms with Crippen LogP contribution >= 0.6 is 0 Å². The Morgan fingerprint density at radius 3 is 2.32 bits per heavy atom. The fraction of sp³-hybridized carbons (Fsp3) is 0.611. The number of carbonyl (C=O) groups is 1.